The molecule has 1 N–H and O–H groups in total. The van der Waals surface area contributed by atoms with Gasteiger partial charge in [0.25, 0.3) is 0 Å². The summed E-state index contributed by atoms with van der Waals surface area (Å²) in [6.07, 6.45) is 11.2. The zero-order valence-electron chi connectivity index (χ0n) is 12.2. The van der Waals surface area contributed by atoms with Crippen LogP contribution in [0.2, 0.25) is 0 Å². The first-order valence-electron chi connectivity index (χ1n) is 7.43. The predicted octanol–water partition coefficient (Wildman–Crippen LogP) is 3.50. The largest absolute Gasteiger partial charge is 0.381 e. The van der Waals surface area contributed by atoms with Crippen LogP contribution in [0, 0.1) is 11.8 Å². The predicted molar refractivity (Wildman–Crippen MR) is 80.9 cm³/mol. The van der Waals surface area contributed by atoms with Crippen molar-refractivity contribution in [2.24, 2.45) is 11.8 Å². The second-order valence-corrected chi connectivity index (χ2v) is 6.02. The third kappa shape index (κ3) is 2.84. The summed E-state index contributed by atoms with van der Waals surface area (Å²) in [6, 6.07) is 4.71. The molecular weight excluding hydrogens is 248 g/mol. The third-order valence-corrected chi connectivity index (χ3v) is 4.30. The number of aromatic nitrogens is 3. The van der Waals surface area contributed by atoms with Gasteiger partial charge in [-0.3, -0.25) is 4.57 Å². The molecule has 0 bridgehead atoms. The maximum Gasteiger partial charge on any atom is 0.137 e. The molecule has 1 saturated carbocycles. The minimum Gasteiger partial charge on any atom is -0.381 e. The molecule has 106 valence electrons. The summed E-state index contributed by atoms with van der Waals surface area (Å²) >= 11 is 0. The van der Waals surface area contributed by atoms with E-state index < -0.39 is 0 Å². The van der Waals surface area contributed by atoms with Crippen molar-refractivity contribution in [3.8, 4) is 5.82 Å². The molecule has 2 heterocycles. The molecule has 1 aliphatic rings. The van der Waals surface area contributed by atoms with Crippen molar-refractivity contribution < 1.29 is 0 Å². The summed E-state index contributed by atoms with van der Waals surface area (Å²) < 4.78 is 1.91. The minimum absolute atomic E-state index is 0.576. The van der Waals surface area contributed by atoms with Crippen LogP contribution in [-0.2, 0) is 0 Å². The lowest BCUT2D eigenvalue weighted by atomic mass is 9.80. The highest BCUT2D eigenvalue weighted by atomic mass is 15.1. The van der Waals surface area contributed by atoms with Crippen molar-refractivity contribution in [1.29, 1.82) is 0 Å². The van der Waals surface area contributed by atoms with Gasteiger partial charge in [-0.25, -0.2) is 9.97 Å². The highest BCUT2D eigenvalue weighted by molar-refractivity contribution is 5.44. The van der Waals surface area contributed by atoms with E-state index >= 15 is 0 Å². The first-order valence-corrected chi connectivity index (χ1v) is 7.43. The lowest BCUT2D eigenvalue weighted by Gasteiger charge is -2.33. The van der Waals surface area contributed by atoms with Crippen molar-refractivity contribution in [3.05, 3.63) is 37.1 Å². The lowest BCUT2D eigenvalue weighted by Crippen LogP contribution is -2.33. The van der Waals surface area contributed by atoms with Gasteiger partial charge in [-0.2, -0.15) is 0 Å². The normalized spacial score (nSPS) is 26.4. The van der Waals surface area contributed by atoms with Crippen LogP contribution < -0.4 is 5.32 Å². The summed E-state index contributed by atoms with van der Waals surface area (Å²) in [5.74, 6) is 2.50. The highest BCUT2D eigenvalue weighted by Crippen LogP contribution is 2.30. The van der Waals surface area contributed by atoms with Crippen molar-refractivity contribution in [2.45, 2.75) is 39.2 Å². The molecule has 20 heavy (non-hydrogen) atoms. The Balaban J connectivity index is 1.66. The molecule has 2 aromatic heterocycles. The molecule has 1 fully saturated rings. The zero-order valence-corrected chi connectivity index (χ0v) is 12.2. The van der Waals surface area contributed by atoms with E-state index in [1.807, 2.05) is 23.0 Å². The van der Waals surface area contributed by atoms with Gasteiger partial charge in [-0.1, -0.05) is 13.8 Å². The van der Waals surface area contributed by atoms with Gasteiger partial charge in [0.1, 0.15) is 12.1 Å². The molecule has 3 rings (SSSR count). The SMILES string of the molecule is CC1CCC(Nc2ccc(-n3ccnc3)nc2)C(C)C1. The van der Waals surface area contributed by atoms with Gasteiger partial charge in [-0.15, -0.1) is 0 Å². The van der Waals surface area contributed by atoms with Crippen LogP contribution in [0.25, 0.3) is 5.82 Å². The van der Waals surface area contributed by atoms with Gasteiger partial charge in [-0.05, 0) is 43.2 Å². The van der Waals surface area contributed by atoms with Gasteiger partial charge < -0.3 is 5.32 Å². The topological polar surface area (TPSA) is 42.7 Å². The fourth-order valence-corrected chi connectivity index (χ4v) is 3.11. The Morgan fingerprint density at radius 1 is 1.25 bits per heavy atom. The van der Waals surface area contributed by atoms with Crippen molar-refractivity contribution in [3.63, 3.8) is 0 Å². The van der Waals surface area contributed by atoms with E-state index in [1.54, 1.807) is 12.5 Å². The van der Waals surface area contributed by atoms with Gasteiger partial charge in [0, 0.05) is 18.4 Å². The molecular formula is C16H22N4. The van der Waals surface area contributed by atoms with Crippen LogP contribution in [0.3, 0.4) is 0 Å². The summed E-state index contributed by atoms with van der Waals surface area (Å²) in [4.78, 5) is 8.53. The molecule has 3 atom stereocenters. The number of anilines is 1. The molecule has 3 unspecified atom stereocenters. The average Bonchev–Trinajstić information content (AvgIpc) is 2.97. The number of rotatable bonds is 3. The van der Waals surface area contributed by atoms with Crippen molar-refractivity contribution in [1.82, 2.24) is 14.5 Å². The Morgan fingerprint density at radius 3 is 2.80 bits per heavy atom. The summed E-state index contributed by atoms with van der Waals surface area (Å²) in [6.45, 7) is 4.70. The molecule has 4 nitrogen and oxygen atoms in total. The van der Waals surface area contributed by atoms with E-state index in [9.17, 15) is 0 Å². The first kappa shape index (κ1) is 13.2. The summed E-state index contributed by atoms with van der Waals surface area (Å²) in [5.41, 5.74) is 1.11. The molecule has 0 aromatic carbocycles. The fourth-order valence-electron chi connectivity index (χ4n) is 3.11. The van der Waals surface area contributed by atoms with Gasteiger partial charge in [0.15, 0.2) is 0 Å². The van der Waals surface area contributed by atoms with Crippen LogP contribution in [0.4, 0.5) is 5.69 Å². The number of imidazole rings is 1. The standard InChI is InChI=1S/C16H22N4/c1-12-3-5-15(13(2)9-12)19-14-4-6-16(18-10-14)20-8-7-17-11-20/h4,6-8,10-13,15,19H,3,5,9H2,1-2H3. The van der Waals surface area contributed by atoms with Gasteiger partial charge in [0.05, 0.1) is 11.9 Å². The molecule has 1 aliphatic carbocycles. The summed E-state index contributed by atoms with van der Waals surface area (Å²) in [7, 11) is 0. The first-order chi connectivity index (χ1) is 9.72. The minimum atomic E-state index is 0.576. The Hall–Kier alpha value is -1.84. The monoisotopic (exact) mass is 270 g/mol. The van der Waals surface area contributed by atoms with Crippen LogP contribution in [0.15, 0.2) is 37.1 Å². The maximum atomic E-state index is 4.49. The Kier molecular flexibility index (Phi) is 3.72. The number of hydrogen-bond acceptors (Lipinski definition) is 3. The maximum absolute atomic E-state index is 4.49. The van der Waals surface area contributed by atoms with Crippen molar-refractivity contribution >= 4 is 5.69 Å². The van der Waals surface area contributed by atoms with E-state index in [2.05, 4.69) is 35.2 Å². The van der Waals surface area contributed by atoms with Gasteiger partial charge in [0.2, 0.25) is 0 Å². The Morgan fingerprint density at radius 2 is 2.15 bits per heavy atom. The smallest absolute Gasteiger partial charge is 0.137 e. The molecule has 0 radical (unpaired) electrons. The van der Waals surface area contributed by atoms with Crippen LogP contribution in [0.1, 0.15) is 33.1 Å². The van der Waals surface area contributed by atoms with E-state index in [4.69, 9.17) is 0 Å². The summed E-state index contributed by atoms with van der Waals surface area (Å²) in [5, 5.41) is 3.64. The van der Waals surface area contributed by atoms with E-state index in [-0.39, 0.29) is 0 Å². The second-order valence-electron chi connectivity index (χ2n) is 6.02. The molecule has 0 spiro atoms. The van der Waals surface area contributed by atoms with Crippen molar-refractivity contribution in [2.75, 3.05) is 5.32 Å². The van der Waals surface area contributed by atoms with E-state index in [0.717, 1.165) is 23.3 Å². The number of nitrogens with zero attached hydrogens (tertiary/aromatic N) is 3. The number of pyridine rings is 1. The molecule has 0 amide bonds. The zero-order chi connectivity index (χ0) is 13.9. The fraction of sp³-hybridized carbons (Fsp3) is 0.500. The van der Waals surface area contributed by atoms with Crippen LogP contribution in [0.5, 0.6) is 0 Å². The quantitative estimate of drug-likeness (QED) is 0.928. The van der Waals surface area contributed by atoms with Crippen LogP contribution in [-0.4, -0.2) is 20.6 Å². The molecule has 0 saturated heterocycles. The number of hydrogen-bond donors (Lipinski definition) is 1. The Labute approximate surface area is 120 Å². The third-order valence-electron chi connectivity index (χ3n) is 4.30. The lowest BCUT2D eigenvalue weighted by molar-refractivity contribution is 0.276. The second kappa shape index (κ2) is 5.65. The number of nitrogens with one attached hydrogen (secondary N) is 1. The molecule has 2 aromatic rings. The highest BCUT2D eigenvalue weighted by Gasteiger charge is 2.25. The van der Waals surface area contributed by atoms with E-state index in [1.165, 1.54) is 19.3 Å². The van der Waals surface area contributed by atoms with Crippen LogP contribution >= 0.6 is 0 Å². The Bertz CT molecular complexity index is 532. The van der Waals surface area contributed by atoms with Gasteiger partial charge >= 0.3 is 0 Å². The average molecular weight is 270 g/mol. The van der Waals surface area contributed by atoms with E-state index in [0.29, 0.717) is 6.04 Å². The molecule has 4 heteroatoms. The molecule has 0 aliphatic heterocycles.